The van der Waals surface area contributed by atoms with Gasteiger partial charge >= 0.3 is 0 Å². The minimum atomic E-state index is -0.567. The molecule has 2 aromatic carbocycles. The molecule has 3 aliphatic rings. The van der Waals surface area contributed by atoms with E-state index in [1.165, 1.54) is 6.07 Å². The second-order valence-electron chi connectivity index (χ2n) is 12.6. The molecular formula is C32H36ClF2N7O2. The summed E-state index contributed by atoms with van der Waals surface area (Å²) in [5, 5.41) is 14.6. The molecule has 4 heterocycles. The van der Waals surface area contributed by atoms with Crippen LogP contribution in [0.2, 0.25) is 5.02 Å². The van der Waals surface area contributed by atoms with Crippen molar-refractivity contribution in [2.45, 2.75) is 70.6 Å². The summed E-state index contributed by atoms with van der Waals surface area (Å²) in [6.07, 6.45) is 5.60. The number of aromatic nitrogens is 4. The summed E-state index contributed by atoms with van der Waals surface area (Å²) in [7, 11) is 0. The van der Waals surface area contributed by atoms with E-state index < -0.39 is 11.6 Å². The summed E-state index contributed by atoms with van der Waals surface area (Å²) in [6.45, 7) is 7.65. The number of hydrogen-bond acceptors (Lipinski definition) is 7. The molecule has 1 amide bonds. The lowest BCUT2D eigenvalue weighted by atomic mass is 9.87. The Balaban J connectivity index is 0.966. The average molecular weight is 624 g/mol. The van der Waals surface area contributed by atoms with Gasteiger partial charge in [0.1, 0.15) is 11.6 Å². The van der Waals surface area contributed by atoms with Crippen molar-refractivity contribution >= 4 is 34.3 Å². The largest absolute Gasteiger partial charge is 0.354 e. The highest BCUT2D eigenvalue weighted by molar-refractivity contribution is 6.31. The number of halogens is 3. The monoisotopic (exact) mass is 623 g/mol. The molecule has 0 spiro atoms. The summed E-state index contributed by atoms with van der Waals surface area (Å²) in [5.41, 5.74) is 2.74. The Morgan fingerprint density at radius 2 is 1.84 bits per heavy atom. The van der Waals surface area contributed by atoms with Crippen LogP contribution in [0.25, 0.3) is 11.0 Å². The lowest BCUT2D eigenvalue weighted by Gasteiger charge is -2.45. The number of nitrogens with zero attached hydrogens (tertiary/aromatic N) is 7. The third-order valence-electron chi connectivity index (χ3n) is 9.65. The van der Waals surface area contributed by atoms with Crippen molar-refractivity contribution in [3.05, 3.63) is 70.0 Å². The Morgan fingerprint density at radius 1 is 1.07 bits per heavy atom. The number of rotatable bonds is 5. The number of piperazine rings is 1. The molecule has 9 nitrogen and oxygen atoms in total. The van der Waals surface area contributed by atoms with E-state index in [9.17, 15) is 13.6 Å². The van der Waals surface area contributed by atoms with Crippen LogP contribution in [0.4, 0.5) is 14.6 Å². The third-order valence-corrected chi connectivity index (χ3v) is 9.88. The zero-order valence-corrected chi connectivity index (χ0v) is 25.7. The van der Waals surface area contributed by atoms with Crippen molar-refractivity contribution in [2.75, 3.05) is 31.1 Å². The third kappa shape index (κ3) is 5.45. The Kier molecular flexibility index (Phi) is 7.78. The first-order chi connectivity index (χ1) is 21.2. The van der Waals surface area contributed by atoms with Gasteiger partial charge in [-0.25, -0.2) is 13.5 Å². The van der Waals surface area contributed by atoms with Gasteiger partial charge < -0.3 is 14.3 Å². The molecule has 2 saturated heterocycles. The summed E-state index contributed by atoms with van der Waals surface area (Å²) >= 11 is 6.20. The molecule has 0 N–H and O–H groups in total. The standard InChI is InChI=1S/C32H36ClF2N7O2/c1-19-15-40(32(43)21-8-10-39(11-9-21)31-27-12-22(33)6-7-30(27)44-37-31)16-20(2)41(19)17-24-18-42(38-36-24)29-5-3-4-25-26(29)13-23(34)14-28(25)35/h6-7,12-14,18-21,29H,3-5,8-11,15-17H2,1-2H3/t19-,20+,29-/m0/s1. The minimum absolute atomic E-state index is 0.0214. The van der Waals surface area contributed by atoms with Crippen LogP contribution in [-0.2, 0) is 17.8 Å². The van der Waals surface area contributed by atoms with Gasteiger partial charge in [-0.05, 0) is 81.3 Å². The summed E-state index contributed by atoms with van der Waals surface area (Å²) < 4.78 is 35.7. The molecule has 2 aromatic heterocycles. The number of benzene rings is 2. The lowest BCUT2D eigenvalue weighted by molar-refractivity contribution is -0.140. The molecule has 0 bridgehead atoms. The maximum Gasteiger partial charge on any atom is 0.225 e. The molecule has 44 heavy (non-hydrogen) atoms. The van der Waals surface area contributed by atoms with Crippen LogP contribution in [0.5, 0.6) is 0 Å². The van der Waals surface area contributed by atoms with E-state index in [0.29, 0.717) is 47.8 Å². The van der Waals surface area contributed by atoms with Gasteiger partial charge in [0.05, 0.1) is 23.3 Å². The lowest BCUT2D eigenvalue weighted by Crippen LogP contribution is -2.59. The van der Waals surface area contributed by atoms with Gasteiger partial charge in [-0.2, -0.15) is 0 Å². The number of anilines is 1. The Morgan fingerprint density at radius 3 is 2.61 bits per heavy atom. The summed E-state index contributed by atoms with van der Waals surface area (Å²) in [5.74, 6) is -0.0693. The van der Waals surface area contributed by atoms with E-state index in [1.54, 1.807) is 10.7 Å². The molecule has 4 aromatic rings. The summed E-state index contributed by atoms with van der Waals surface area (Å²) in [6, 6.07) is 7.92. The predicted octanol–water partition coefficient (Wildman–Crippen LogP) is 5.61. The highest BCUT2D eigenvalue weighted by atomic mass is 35.5. The van der Waals surface area contributed by atoms with Crippen LogP contribution in [0.1, 0.15) is 62.4 Å². The van der Waals surface area contributed by atoms with Gasteiger partial charge in [0.15, 0.2) is 11.4 Å². The van der Waals surface area contributed by atoms with E-state index in [-0.39, 0.29) is 30.0 Å². The van der Waals surface area contributed by atoms with Gasteiger partial charge in [-0.15, -0.1) is 5.10 Å². The fourth-order valence-corrected chi connectivity index (χ4v) is 7.56. The number of carbonyl (C=O) groups is 1. The number of piperidine rings is 1. The molecule has 0 radical (unpaired) electrons. The molecule has 0 saturated carbocycles. The molecule has 1 aliphatic carbocycles. The Bertz CT molecular complexity index is 1670. The van der Waals surface area contributed by atoms with Gasteiger partial charge in [0, 0.05) is 61.8 Å². The SMILES string of the molecule is C[C@@H]1CN(C(=O)C2CCN(c3noc4ccc(Cl)cc34)CC2)C[C@H](C)N1Cc1cn([C@H]2CCCc3c(F)cc(F)cc32)nn1. The van der Waals surface area contributed by atoms with Crippen LogP contribution >= 0.6 is 11.6 Å². The van der Waals surface area contributed by atoms with Gasteiger partial charge in [-0.1, -0.05) is 22.0 Å². The molecule has 2 fully saturated rings. The predicted molar refractivity (Wildman–Crippen MR) is 162 cm³/mol. The molecule has 3 atom stereocenters. The van der Waals surface area contributed by atoms with E-state index >= 15 is 0 Å². The fraction of sp³-hybridized carbons (Fsp3) is 0.500. The van der Waals surface area contributed by atoms with E-state index in [0.717, 1.165) is 61.7 Å². The van der Waals surface area contributed by atoms with Gasteiger partial charge in [0.25, 0.3) is 0 Å². The topological polar surface area (TPSA) is 83.5 Å². The first-order valence-electron chi connectivity index (χ1n) is 15.5. The van der Waals surface area contributed by atoms with Crippen molar-refractivity contribution in [1.82, 2.24) is 30.0 Å². The van der Waals surface area contributed by atoms with Crippen LogP contribution < -0.4 is 4.90 Å². The fourth-order valence-electron chi connectivity index (χ4n) is 7.38. The van der Waals surface area contributed by atoms with Crippen LogP contribution in [0, 0.1) is 17.6 Å². The van der Waals surface area contributed by atoms with Crippen molar-refractivity contribution in [2.24, 2.45) is 5.92 Å². The average Bonchev–Trinajstić information content (AvgIpc) is 3.65. The normalized spacial score (nSPS) is 23.3. The maximum atomic E-state index is 14.4. The second kappa shape index (κ2) is 11.7. The van der Waals surface area contributed by atoms with Crippen molar-refractivity contribution in [3.63, 3.8) is 0 Å². The van der Waals surface area contributed by atoms with Crippen LogP contribution in [-0.4, -0.2) is 74.1 Å². The van der Waals surface area contributed by atoms with Crippen molar-refractivity contribution in [3.8, 4) is 0 Å². The molecule has 0 unspecified atom stereocenters. The smallest absolute Gasteiger partial charge is 0.225 e. The highest BCUT2D eigenvalue weighted by Gasteiger charge is 2.37. The number of amides is 1. The molecule has 7 rings (SSSR count). The van der Waals surface area contributed by atoms with Crippen LogP contribution in [0.3, 0.4) is 0 Å². The first-order valence-corrected chi connectivity index (χ1v) is 15.9. The molecule has 2 aliphatic heterocycles. The maximum absolute atomic E-state index is 14.4. The minimum Gasteiger partial charge on any atom is -0.354 e. The number of fused-ring (bicyclic) bond motifs is 2. The van der Waals surface area contributed by atoms with Crippen molar-refractivity contribution < 1.29 is 18.1 Å². The molecular weight excluding hydrogens is 588 g/mol. The number of hydrogen-bond donors (Lipinski definition) is 0. The quantitative estimate of drug-likeness (QED) is 0.286. The molecule has 232 valence electrons. The zero-order chi connectivity index (χ0) is 30.5. The molecule has 12 heteroatoms. The van der Waals surface area contributed by atoms with E-state index in [1.807, 2.05) is 23.2 Å². The van der Waals surface area contributed by atoms with Crippen LogP contribution in [0.15, 0.2) is 41.1 Å². The zero-order valence-electron chi connectivity index (χ0n) is 24.9. The highest BCUT2D eigenvalue weighted by Crippen LogP contribution is 2.35. The van der Waals surface area contributed by atoms with Gasteiger partial charge in [-0.3, -0.25) is 9.69 Å². The summed E-state index contributed by atoms with van der Waals surface area (Å²) in [4.78, 5) is 20.2. The van der Waals surface area contributed by atoms with Gasteiger partial charge in [0.2, 0.25) is 5.91 Å². The first kappa shape index (κ1) is 29.2. The van der Waals surface area contributed by atoms with E-state index in [4.69, 9.17) is 16.1 Å². The number of carbonyl (C=O) groups excluding carboxylic acids is 1. The second-order valence-corrected chi connectivity index (χ2v) is 13.0. The Labute approximate surface area is 259 Å². The van der Waals surface area contributed by atoms with Crippen molar-refractivity contribution in [1.29, 1.82) is 0 Å². The Hall–Kier alpha value is -3.57. The van der Waals surface area contributed by atoms with E-state index in [2.05, 4.69) is 39.1 Å².